The van der Waals surface area contributed by atoms with Crippen molar-refractivity contribution in [1.82, 2.24) is 4.90 Å². The van der Waals surface area contributed by atoms with Gasteiger partial charge in [0.1, 0.15) is 0 Å². The first-order chi connectivity index (χ1) is 8.00. The highest BCUT2D eigenvalue weighted by Crippen LogP contribution is 2.34. The Morgan fingerprint density at radius 3 is 2.47 bits per heavy atom. The number of likely N-dealkylation sites (tertiary alicyclic amines) is 1. The lowest BCUT2D eigenvalue weighted by Gasteiger charge is -2.30. The second-order valence-corrected chi connectivity index (χ2v) is 5.67. The van der Waals surface area contributed by atoms with Gasteiger partial charge < -0.3 is 10.6 Å². The van der Waals surface area contributed by atoms with Gasteiger partial charge in [0, 0.05) is 23.0 Å². The van der Waals surface area contributed by atoms with Gasteiger partial charge in [-0.3, -0.25) is 4.79 Å². The molecular formula is C13H17BrN2O. The van der Waals surface area contributed by atoms with Gasteiger partial charge in [0.15, 0.2) is 0 Å². The predicted molar refractivity (Wildman–Crippen MR) is 71.5 cm³/mol. The van der Waals surface area contributed by atoms with Crippen LogP contribution in [-0.4, -0.2) is 22.9 Å². The van der Waals surface area contributed by atoms with E-state index < -0.39 is 0 Å². The molecule has 1 aromatic carbocycles. The fourth-order valence-electron chi connectivity index (χ4n) is 2.46. The van der Waals surface area contributed by atoms with E-state index in [1.54, 1.807) is 0 Å². The van der Waals surface area contributed by atoms with Crippen LogP contribution >= 0.6 is 15.9 Å². The van der Waals surface area contributed by atoms with E-state index in [4.69, 9.17) is 5.73 Å². The fourth-order valence-corrected chi connectivity index (χ4v) is 2.72. The van der Waals surface area contributed by atoms with Crippen molar-refractivity contribution < 1.29 is 4.79 Å². The fraction of sp³-hybridized carbons (Fsp3) is 0.462. The molecule has 1 fully saturated rings. The lowest BCUT2D eigenvalue weighted by molar-refractivity contribution is -0.130. The molecule has 1 saturated heterocycles. The summed E-state index contributed by atoms with van der Waals surface area (Å²) in [5.41, 5.74) is 7.20. The summed E-state index contributed by atoms with van der Waals surface area (Å²) in [7, 11) is 0. The minimum absolute atomic E-state index is 0.00981. The number of amides is 1. The number of nitrogens with two attached hydrogens (primary N) is 1. The molecule has 1 aromatic rings. The Bertz CT molecular complexity index is 416. The maximum atomic E-state index is 11.9. The van der Waals surface area contributed by atoms with Gasteiger partial charge in [0.05, 0.1) is 6.04 Å². The van der Waals surface area contributed by atoms with Crippen LogP contribution in [0.25, 0.3) is 0 Å². The molecule has 92 valence electrons. The Morgan fingerprint density at radius 1 is 1.35 bits per heavy atom. The lowest BCUT2D eigenvalue weighted by atomic mass is 10.0. The summed E-state index contributed by atoms with van der Waals surface area (Å²) in [6.07, 6.45) is 0.443. The molecule has 0 aliphatic carbocycles. The Kier molecular flexibility index (Phi) is 3.54. The standard InChI is InChI=1S/C13H17BrN2O/c1-8(2)16-12(17)7-11(15)13(16)9-3-5-10(14)6-4-9/h3-6,8,11,13H,7,15H2,1-2H3. The van der Waals surface area contributed by atoms with Crippen LogP contribution in [0.15, 0.2) is 28.7 Å². The largest absolute Gasteiger partial charge is 0.332 e. The van der Waals surface area contributed by atoms with E-state index in [1.807, 2.05) is 43.0 Å². The average Bonchev–Trinajstić information content (AvgIpc) is 2.55. The van der Waals surface area contributed by atoms with Crippen molar-refractivity contribution in [2.45, 2.75) is 38.4 Å². The Balaban J connectivity index is 2.34. The summed E-state index contributed by atoms with van der Waals surface area (Å²) in [6.45, 7) is 4.06. The third-order valence-corrected chi connectivity index (χ3v) is 3.70. The zero-order valence-corrected chi connectivity index (χ0v) is 11.6. The van der Waals surface area contributed by atoms with Crippen LogP contribution in [0, 0.1) is 0 Å². The molecular weight excluding hydrogens is 280 g/mol. The number of carbonyl (C=O) groups excluding carboxylic acids is 1. The van der Waals surface area contributed by atoms with Gasteiger partial charge >= 0.3 is 0 Å². The molecule has 1 amide bonds. The zero-order valence-electron chi connectivity index (χ0n) is 10.1. The van der Waals surface area contributed by atoms with Crippen molar-refractivity contribution in [3.05, 3.63) is 34.3 Å². The molecule has 2 atom stereocenters. The van der Waals surface area contributed by atoms with E-state index in [-0.39, 0.29) is 24.0 Å². The van der Waals surface area contributed by atoms with E-state index >= 15 is 0 Å². The second kappa shape index (κ2) is 4.78. The average molecular weight is 297 g/mol. The molecule has 17 heavy (non-hydrogen) atoms. The summed E-state index contributed by atoms with van der Waals surface area (Å²) >= 11 is 3.41. The molecule has 0 aromatic heterocycles. The summed E-state index contributed by atoms with van der Waals surface area (Å²) in [4.78, 5) is 13.8. The first-order valence-corrected chi connectivity index (χ1v) is 6.62. The molecule has 1 heterocycles. The highest BCUT2D eigenvalue weighted by atomic mass is 79.9. The van der Waals surface area contributed by atoms with Gasteiger partial charge in [-0.15, -0.1) is 0 Å². The van der Waals surface area contributed by atoms with E-state index in [9.17, 15) is 4.79 Å². The van der Waals surface area contributed by atoms with E-state index in [0.717, 1.165) is 10.0 Å². The molecule has 1 aliphatic rings. The van der Waals surface area contributed by atoms with Crippen molar-refractivity contribution in [1.29, 1.82) is 0 Å². The van der Waals surface area contributed by atoms with Crippen LogP contribution in [0.5, 0.6) is 0 Å². The van der Waals surface area contributed by atoms with Gasteiger partial charge in [0.2, 0.25) is 5.91 Å². The molecule has 0 saturated carbocycles. The number of carbonyl (C=O) groups is 1. The normalized spacial score (nSPS) is 24.8. The Hall–Kier alpha value is -0.870. The Morgan fingerprint density at radius 2 is 1.94 bits per heavy atom. The maximum absolute atomic E-state index is 11.9. The van der Waals surface area contributed by atoms with Crippen LogP contribution < -0.4 is 5.73 Å². The highest BCUT2D eigenvalue weighted by molar-refractivity contribution is 9.10. The topological polar surface area (TPSA) is 46.3 Å². The first kappa shape index (κ1) is 12.6. The minimum Gasteiger partial charge on any atom is -0.332 e. The lowest BCUT2D eigenvalue weighted by Crippen LogP contribution is -2.37. The van der Waals surface area contributed by atoms with Crippen LogP contribution in [0.2, 0.25) is 0 Å². The number of halogens is 1. The van der Waals surface area contributed by atoms with Crippen molar-refractivity contribution in [3.8, 4) is 0 Å². The quantitative estimate of drug-likeness (QED) is 0.911. The molecule has 0 radical (unpaired) electrons. The van der Waals surface area contributed by atoms with Gasteiger partial charge in [-0.05, 0) is 31.5 Å². The molecule has 0 spiro atoms. The third kappa shape index (κ3) is 2.38. The van der Waals surface area contributed by atoms with Crippen molar-refractivity contribution in [2.75, 3.05) is 0 Å². The molecule has 1 aliphatic heterocycles. The van der Waals surface area contributed by atoms with E-state index in [2.05, 4.69) is 15.9 Å². The molecule has 2 rings (SSSR count). The van der Waals surface area contributed by atoms with Crippen molar-refractivity contribution in [2.24, 2.45) is 5.73 Å². The van der Waals surface area contributed by atoms with Gasteiger partial charge in [-0.2, -0.15) is 0 Å². The molecule has 3 nitrogen and oxygen atoms in total. The van der Waals surface area contributed by atoms with Crippen LogP contribution in [0.1, 0.15) is 31.9 Å². The maximum Gasteiger partial charge on any atom is 0.225 e. The Labute approximate surface area is 110 Å². The molecule has 0 bridgehead atoms. The first-order valence-electron chi connectivity index (χ1n) is 5.83. The van der Waals surface area contributed by atoms with Crippen molar-refractivity contribution >= 4 is 21.8 Å². The second-order valence-electron chi connectivity index (χ2n) is 4.76. The van der Waals surface area contributed by atoms with E-state index in [0.29, 0.717) is 6.42 Å². The number of hydrogen-bond acceptors (Lipinski definition) is 2. The predicted octanol–water partition coefficient (Wildman–Crippen LogP) is 2.46. The summed E-state index contributed by atoms with van der Waals surface area (Å²) < 4.78 is 1.04. The number of hydrogen-bond donors (Lipinski definition) is 1. The molecule has 2 unspecified atom stereocenters. The number of rotatable bonds is 2. The van der Waals surface area contributed by atoms with Gasteiger partial charge in [0.25, 0.3) is 0 Å². The monoisotopic (exact) mass is 296 g/mol. The van der Waals surface area contributed by atoms with Gasteiger partial charge in [-0.25, -0.2) is 0 Å². The smallest absolute Gasteiger partial charge is 0.225 e. The number of nitrogens with zero attached hydrogens (tertiary/aromatic N) is 1. The molecule has 4 heteroatoms. The molecule has 2 N–H and O–H groups in total. The SMILES string of the molecule is CC(C)N1C(=O)CC(N)C1c1ccc(Br)cc1. The van der Waals surface area contributed by atoms with E-state index in [1.165, 1.54) is 0 Å². The summed E-state index contributed by atoms with van der Waals surface area (Å²) in [6, 6.07) is 8.13. The van der Waals surface area contributed by atoms with Crippen LogP contribution in [0.3, 0.4) is 0 Å². The van der Waals surface area contributed by atoms with Crippen LogP contribution in [-0.2, 0) is 4.79 Å². The highest BCUT2D eigenvalue weighted by Gasteiger charge is 2.39. The van der Waals surface area contributed by atoms with Crippen molar-refractivity contribution in [3.63, 3.8) is 0 Å². The third-order valence-electron chi connectivity index (χ3n) is 3.17. The van der Waals surface area contributed by atoms with Gasteiger partial charge in [-0.1, -0.05) is 28.1 Å². The summed E-state index contributed by atoms with van der Waals surface area (Å²) in [5.74, 6) is 0.153. The minimum atomic E-state index is -0.105. The number of benzene rings is 1. The summed E-state index contributed by atoms with van der Waals surface area (Å²) in [5, 5.41) is 0. The zero-order chi connectivity index (χ0) is 12.6. The van der Waals surface area contributed by atoms with Crippen LogP contribution in [0.4, 0.5) is 0 Å².